The Morgan fingerprint density at radius 2 is 2.20 bits per heavy atom. The number of nitrogens with one attached hydrogen (secondary N) is 2. The first kappa shape index (κ1) is 20.4. The molecule has 0 aromatic carbocycles. The van der Waals surface area contributed by atoms with Crippen LogP contribution >= 0.6 is 11.3 Å². The zero-order valence-corrected chi connectivity index (χ0v) is 17.6. The second-order valence-corrected chi connectivity index (χ2v) is 10.3. The standard InChI is InChI=1S/C19H33N3OS2/c1-5-20-18(21-14-19(3,4)17-11-8-12-24-17)22-15-9-7-10-16(13-15)25(23)6-2/h8,11-12,15-16H,5-7,9-10,13-14H2,1-4H3,(H2,20,21,22). The van der Waals surface area contributed by atoms with Gasteiger partial charge in [0, 0.05) is 44.7 Å². The van der Waals surface area contributed by atoms with E-state index in [4.69, 9.17) is 4.99 Å². The summed E-state index contributed by atoms with van der Waals surface area (Å²) in [5.74, 6) is 1.65. The van der Waals surface area contributed by atoms with Crippen molar-refractivity contribution in [2.24, 2.45) is 4.99 Å². The fourth-order valence-corrected chi connectivity index (χ4v) is 5.47. The van der Waals surface area contributed by atoms with Crippen molar-refractivity contribution in [3.05, 3.63) is 22.4 Å². The molecule has 1 heterocycles. The van der Waals surface area contributed by atoms with Gasteiger partial charge in [0.15, 0.2) is 5.96 Å². The van der Waals surface area contributed by atoms with Gasteiger partial charge in [0.2, 0.25) is 0 Å². The summed E-state index contributed by atoms with van der Waals surface area (Å²) in [5.41, 5.74) is 0.0370. The minimum absolute atomic E-state index is 0.0370. The Bertz CT molecular complexity index is 569. The molecule has 0 bridgehead atoms. The fraction of sp³-hybridized carbons (Fsp3) is 0.737. The Balaban J connectivity index is 1.98. The average Bonchev–Trinajstić information content (AvgIpc) is 3.15. The van der Waals surface area contributed by atoms with E-state index in [0.717, 1.165) is 50.5 Å². The highest BCUT2D eigenvalue weighted by atomic mass is 32.2. The number of nitrogens with zero attached hydrogens (tertiary/aromatic N) is 1. The molecule has 4 nitrogen and oxygen atoms in total. The number of hydrogen-bond acceptors (Lipinski definition) is 3. The molecule has 1 saturated carbocycles. The van der Waals surface area contributed by atoms with E-state index in [9.17, 15) is 4.21 Å². The van der Waals surface area contributed by atoms with Crippen LogP contribution in [0.5, 0.6) is 0 Å². The maximum absolute atomic E-state index is 12.2. The Labute approximate surface area is 159 Å². The lowest BCUT2D eigenvalue weighted by atomic mass is 9.92. The first-order valence-corrected chi connectivity index (χ1v) is 11.7. The quantitative estimate of drug-likeness (QED) is 0.558. The molecule has 25 heavy (non-hydrogen) atoms. The molecule has 142 valence electrons. The van der Waals surface area contributed by atoms with Gasteiger partial charge in [-0.1, -0.05) is 33.3 Å². The van der Waals surface area contributed by atoms with E-state index >= 15 is 0 Å². The lowest BCUT2D eigenvalue weighted by Crippen LogP contribution is -2.47. The lowest BCUT2D eigenvalue weighted by Gasteiger charge is -2.30. The largest absolute Gasteiger partial charge is 0.357 e. The number of guanidine groups is 1. The van der Waals surface area contributed by atoms with E-state index in [1.165, 1.54) is 4.88 Å². The van der Waals surface area contributed by atoms with Crippen LogP contribution in [0.15, 0.2) is 22.5 Å². The number of thiophene rings is 1. The van der Waals surface area contributed by atoms with Gasteiger partial charge in [-0.3, -0.25) is 9.20 Å². The Hall–Kier alpha value is -0.880. The minimum Gasteiger partial charge on any atom is -0.357 e. The van der Waals surface area contributed by atoms with E-state index < -0.39 is 10.8 Å². The van der Waals surface area contributed by atoms with Crippen molar-refractivity contribution in [3.63, 3.8) is 0 Å². The third kappa shape index (κ3) is 6.10. The van der Waals surface area contributed by atoms with Gasteiger partial charge in [0.25, 0.3) is 0 Å². The molecule has 0 saturated heterocycles. The predicted molar refractivity (Wildman–Crippen MR) is 111 cm³/mol. The SMILES string of the molecule is CCNC(=NCC(C)(C)c1cccs1)NC1CCCC(S(=O)CC)C1. The second kappa shape index (κ2) is 9.72. The summed E-state index contributed by atoms with van der Waals surface area (Å²) < 4.78 is 12.2. The van der Waals surface area contributed by atoms with E-state index in [0.29, 0.717) is 11.3 Å². The molecule has 1 aromatic heterocycles. The molecule has 3 unspecified atom stereocenters. The van der Waals surface area contributed by atoms with E-state index in [1.807, 2.05) is 6.92 Å². The second-order valence-electron chi connectivity index (χ2n) is 7.36. The van der Waals surface area contributed by atoms with Gasteiger partial charge >= 0.3 is 0 Å². The molecule has 0 amide bonds. The molecule has 0 aliphatic heterocycles. The van der Waals surface area contributed by atoms with Crippen LogP contribution in [-0.2, 0) is 16.2 Å². The molecule has 1 aromatic rings. The van der Waals surface area contributed by atoms with Crippen molar-refractivity contribution < 1.29 is 4.21 Å². The zero-order valence-electron chi connectivity index (χ0n) is 16.0. The van der Waals surface area contributed by atoms with Gasteiger partial charge in [0.1, 0.15) is 0 Å². The third-order valence-electron chi connectivity index (χ3n) is 4.79. The van der Waals surface area contributed by atoms with Crippen LogP contribution in [-0.4, -0.2) is 40.3 Å². The molecular weight excluding hydrogens is 350 g/mol. The van der Waals surface area contributed by atoms with Crippen LogP contribution in [0.25, 0.3) is 0 Å². The highest BCUT2D eigenvalue weighted by Crippen LogP contribution is 2.28. The summed E-state index contributed by atoms with van der Waals surface area (Å²) in [6.45, 7) is 10.2. The van der Waals surface area contributed by atoms with Gasteiger partial charge in [-0.2, -0.15) is 0 Å². The molecule has 1 aliphatic carbocycles. The van der Waals surface area contributed by atoms with Crippen LogP contribution < -0.4 is 10.6 Å². The smallest absolute Gasteiger partial charge is 0.191 e. The molecule has 1 fully saturated rings. The van der Waals surface area contributed by atoms with Gasteiger partial charge in [-0.15, -0.1) is 11.3 Å². The number of hydrogen-bond donors (Lipinski definition) is 2. The topological polar surface area (TPSA) is 53.5 Å². The molecule has 0 spiro atoms. The Morgan fingerprint density at radius 3 is 2.84 bits per heavy atom. The molecular formula is C19H33N3OS2. The predicted octanol–water partition coefficient (Wildman–Crippen LogP) is 3.66. The molecule has 1 aliphatic rings. The van der Waals surface area contributed by atoms with Crippen molar-refractivity contribution in [2.75, 3.05) is 18.8 Å². The van der Waals surface area contributed by atoms with E-state index in [-0.39, 0.29) is 5.41 Å². The van der Waals surface area contributed by atoms with Gasteiger partial charge < -0.3 is 10.6 Å². The summed E-state index contributed by atoms with van der Waals surface area (Å²) in [7, 11) is -0.690. The number of rotatable bonds is 7. The van der Waals surface area contributed by atoms with Gasteiger partial charge in [-0.25, -0.2) is 0 Å². The average molecular weight is 384 g/mol. The Morgan fingerprint density at radius 1 is 1.40 bits per heavy atom. The molecule has 6 heteroatoms. The lowest BCUT2D eigenvalue weighted by molar-refractivity contribution is 0.412. The Kier molecular flexibility index (Phi) is 7.94. The van der Waals surface area contributed by atoms with Crippen molar-refractivity contribution in [2.45, 2.75) is 70.1 Å². The van der Waals surface area contributed by atoms with Crippen LogP contribution in [0.2, 0.25) is 0 Å². The summed E-state index contributed by atoms with van der Waals surface area (Å²) in [6.07, 6.45) is 4.36. The van der Waals surface area contributed by atoms with Crippen molar-refractivity contribution in [1.82, 2.24) is 10.6 Å². The monoisotopic (exact) mass is 383 g/mol. The van der Waals surface area contributed by atoms with Crippen molar-refractivity contribution in [1.29, 1.82) is 0 Å². The first-order valence-electron chi connectivity index (χ1n) is 9.42. The number of aliphatic imine (C=N–C) groups is 1. The summed E-state index contributed by atoms with van der Waals surface area (Å²) in [6, 6.07) is 4.66. The summed E-state index contributed by atoms with van der Waals surface area (Å²) in [4.78, 5) is 6.21. The van der Waals surface area contributed by atoms with Crippen LogP contribution in [0.4, 0.5) is 0 Å². The maximum Gasteiger partial charge on any atom is 0.191 e. The van der Waals surface area contributed by atoms with Crippen molar-refractivity contribution >= 4 is 28.1 Å². The summed E-state index contributed by atoms with van der Waals surface area (Å²) in [5, 5.41) is 9.42. The van der Waals surface area contributed by atoms with Crippen molar-refractivity contribution in [3.8, 4) is 0 Å². The van der Waals surface area contributed by atoms with Crippen LogP contribution in [0.1, 0.15) is 58.3 Å². The van der Waals surface area contributed by atoms with Crippen LogP contribution in [0.3, 0.4) is 0 Å². The normalized spacial score (nSPS) is 23.3. The molecule has 3 atom stereocenters. The first-order chi connectivity index (χ1) is 12.0. The molecule has 0 radical (unpaired) electrons. The van der Waals surface area contributed by atoms with E-state index in [2.05, 4.69) is 48.9 Å². The highest BCUT2D eigenvalue weighted by Gasteiger charge is 2.26. The van der Waals surface area contributed by atoms with E-state index in [1.54, 1.807) is 11.3 Å². The summed E-state index contributed by atoms with van der Waals surface area (Å²) >= 11 is 1.79. The molecule has 2 N–H and O–H groups in total. The van der Waals surface area contributed by atoms with Gasteiger partial charge in [0.05, 0.1) is 6.54 Å². The third-order valence-corrected chi connectivity index (χ3v) is 7.76. The molecule has 2 rings (SSSR count). The fourth-order valence-electron chi connectivity index (χ4n) is 3.28. The van der Waals surface area contributed by atoms with Gasteiger partial charge in [-0.05, 0) is 37.6 Å². The zero-order chi connectivity index (χ0) is 18.3. The van der Waals surface area contributed by atoms with Crippen LogP contribution in [0, 0.1) is 0 Å². The minimum atomic E-state index is -0.690. The highest BCUT2D eigenvalue weighted by molar-refractivity contribution is 7.85. The maximum atomic E-state index is 12.2.